The molecule has 0 spiro atoms. The first kappa shape index (κ1) is 19.5. The number of ether oxygens (including phenoxy) is 1. The van der Waals surface area contributed by atoms with Gasteiger partial charge in [0, 0.05) is 38.1 Å². The number of aromatic nitrogens is 2. The average molecular weight is 377 g/mol. The van der Waals surface area contributed by atoms with E-state index in [0.717, 1.165) is 23.8 Å². The molecule has 0 aliphatic carbocycles. The highest BCUT2D eigenvalue weighted by Gasteiger charge is 2.05. The highest BCUT2D eigenvalue weighted by Crippen LogP contribution is 2.19. The van der Waals surface area contributed by atoms with Gasteiger partial charge in [0.25, 0.3) is 0 Å². The van der Waals surface area contributed by atoms with Crippen LogP contribution in [0, 0.1) is 6.92 Å². The Hall–Kier alpha value is -3.28. The summed E-state index contributed by atoms with van der Waals surface area (Å²) in [5.74, 6) is 1.63. The molecule has 146 valence electrons. The number of benzene rings is 2. The summed E-state index contributed by atoms with van der Waals surface area (Å²) in [6.45, 7) is 4.15. The van der Waals surface area contributed by atoms with Crippen LogP contribution < -0.4 is 15.4 Å². The second-order valence-corrected chi connectivity index (χ2v) is 6.62. The number of nitrogens with one attached hydrogen (secondary N) is 2. The van der Waals surface area contributed by atoms with Crippen molar-refractivity contribution in [3.05, 3.63) is 83.2 Å². The van der Waals surface area contributed by atoms with Gasteiger partial charge in [-0.15, -0.1) is 0 Å². The maximum absolute atomic E-state index is 5.47. The van der Waals surface area contributed by atoms with E-state index in [1.807, 2.05) is 23.0 Å². The molecule has 0 atom stereocenters. The van der Waals surface area contributed by atoms with E-state index in [1.165, 1.54) is 16.7 Å². The quantitative estimate of drug-likeness (QED) is 0.491. The molecule has 6 heteroatoms. The molecule has 0 aliphatic heterocycles. The molecule has 6 nitrogen and oxygen atoms in total. The lowest BCUT2D eigenvalue weighted by Gasteiger charge is -2.14. The van der Waals surface area contributed by atoms with Gasteiger partial charge in [-0.1, -0.05) is 36.4 Å². The zero-order chi connectivity index (χ0) is 19.8. The van der Waals surface area contributed by atoms with Crippen molar-refractivity contribution in [2.24, 2.45) is 4.99 Å². The van der Waals surface area contributed by atoms with Crippen molar-refractivity contribution in [3.8, 4) is 5.75 Å². The molecule has 1 heterocycles. The number of hydrogen-bond acceptors (Lipinski definition) is 3. The molecule has 1 aromatic heterocycles. The van der Waals surface area contributed by atoms with Crippen LogP contribution in [-0.2, 0) is 19.6 Å². The molecule has 3 rings (SSSR count). The van der Waals surface area contributed by atoms with Crippen LogP contribution in [0.5, 0.6) is 5.75 Å². The third kappa shape index (κ3) is 5.36. The fourth-order valence-electron chi connectivity index (χ4n) is 3.00. The summed E-state index contributed by atoms with van der Waals surface area (Å²) in [4.78, 5) is 4.31. The Morgan fingerprint density at radius 2 is 1.89 bits per heavy atom. The van der Waals surface area contributed by atoms with E-state index in [4.69, 9.17) is 4.74 Å². The van der Waals surface area contributed by atoms with Crippen molar-refractivity contribution < 1.29 is 4.74 Å². The van der Waals surface area contributed by atoms with Crippen LogP contribution in [0.25, 0.3) is 0 Å². The van der Waals surface area contributed by atoms with Crippen LogP contribution in [0.1, 0.15) is 22.3 Å². The molecule has 2 aromatic carbocycles. The van der Waals surface area contributed by atoms with Crippen LogP contribution in [-0.4, -0.2) is 29.9 Å². The minimum atomic E-state index is 0.641. The largest absolute Gasteiger partial charge is 0.496 e. The first-order chi connectivity index (χ1) is 13.7. The lowest BCUT2D eigenvalue weighted by atomic mass is 10.1. The van der Waals surface area contributed by atoms with Gasteiger partial charge in [0.2, 0.25) is 0 Å². The molecule has 2 N–H and O–H groups in total. The summed E-state index contributed by atoms with van der Waals surface area (Å²) >= 11 is 0. The standard InChI is InChI=1S/C22H27N5O/c1-17-8-9-20(21(12-17)28-3)15-25-22(23-2)24-14-18-6-4-7-19(13-18)16-27-11-5-10-26-27/h4-13H,14-16H2,1-3H3,(H2,23,24,25). The molecule has 0 saturated carbocycles. The van der Waals surface area contributed by atoms with Crippen molar-refractivity contribution in [2.45, 2.75) is 26.6 Å². The van der Waals surface area contributed by atoms with E-state index in [-0.39, 0.29) is 0 Å². The summed E-state index contributed by atoms with van der Waals surface area (Å²) in [6, 6.07) is 16.6. The number of hydrogen-bond donors (Lipinski definition) is 2. The Kier molecular flexibility index (Phi) is 6.68. The predicted octanol–water partition coefficient (Wildman–Crippen LogP) is 3.11. The number of rotatable bonds is 7. The van der Waals surface area contributed by atoms with E-state index in [1.54, 1.807) is 20.4 Å². The molecule has 0 saturated heterocycles. The van der Waals surface area contributed by atoms with Gasteiger partial charge in [-0.25, -0.2) is 0 Å². The molecular formula is C22H27N5O. The number of nitrogens with zero attached hydrogens (tertiary/aromatic N) is 3. The Morgan fingerprint density at radius 3 is 2.64 bits per heavy atom. The Bertz CT molecular complexity index is 918. The lowest BCUT2D eigenvalue weighted by molar-refractivity contribution is 0.408. The highest BCUT2D eigenvalue weighted by atomic mass is 16.5. The van der Waals surface area contributed by atoms with Gasteiger partial charge in [0.1, 0.15) is 5.75 Å². The third-order valence-corrected chi connectivity index (χ3v) is 4.47. The van der Waals surface area contributed by atoms with E-state index >= 15 is 0 Å². The van der Waals surface area contributed by atoms with Gasteiger partial charge in [-0.2, -0.15) is 5.10 Å². The number of guanidine groups is 1. The Morgan fingerprint density at radius 1 is 1.07 bits per heavy atom. The topological polar surface area (TPSA) is 63.5 Å². The van der Waals surface area contributed by atoms with E-state index in [2.05, 4.69) is 64.0 Å². The summed E-state index contributed by atoms with van der Waals surface area (Å²) < 4.78 is 7.39. The van der Waals surface area contributed by atoms with Crippen molar-refractivity contribution >= 4 is 5.96 Å². The molecule has 3 aromatic rings. The van der Waals surface area contributed by atoms with Crippen LogP contribution in [0.4, 0.5) is 0 Å². The Labute approximate surface area is 166 Å². The minimum absolute atomic E-state index is 0.641. The summed E-state index contributed by atoms with van der Waals surface area (Å²) in [5.41, 5.74) is 4.69. The predicted molar refractivity (Wildman–Crippen MR) is 113 cm³/mol. The average Bonchev–Trinajstić information content (AvgIpc) is 3.22. The maximum atomic E-state index is 5.47. The minimum Gasteiger partial charge on any atom is -0.496 e. The summed E-state index contributed by atoms with van der Waals surface area (Å²) in [7, 11) is 3.47. The van der Waals surface area contributed by atoms with Crippen LogP contribution in [0.15, 0.2) is 65.9 Å². The third-order valence-electron chi connectivity index (χ3n) is 4.47. The number of aliphatic imine (C=N–C) groups is 1. The lowest BCUT2D eigenvalue weighted by Crippen LogP contribution is -2.36. The smallest absolute Gasteiger partial charge is 0.191 e. The fourth-order valence-corrected chi connectivity index (χ4v) is 3.00. The monoisotopic (exact) mass is 377 g/mol. The molecule has 0 unspecified atom stereocenters. The molecule has 28 heavy (non-hydrogen) atoms. The zero-order valence-corrected chi connectivity index (χ0v) is 16.6. The van der Waals surface area contributed by atoms with Gasteiger partial charge in [0.15, 0.2) is 5.96 Å². The highest BCUT2D eigenvalue weighted by molar-refractivity contribution is 5.79. The molecule has 0 aliphatic rings. The van der Waals surface area contributed by atoms with Crippen molar-refractivity contribution in [1.29, 1.82) is 0 Å². The first-order valence-electron chi connectivity index (χ1n) is 9.31. The van der Waals surface area contributed by atoms with Crippen molar-refractivity contribution in [3.63, 3.8) is 0 Å². The Balaban J connectivity index is 1.56. The molecule has 0 bridgehead atoms. The van der Waals surface area contributed by atoms with E-state index in [0.29, 0.717) is 13.1 Å². The molecule has 0 amide bonds. The van der Waals surface area contributed by atoms with Crippen LogP contribution in [0.2, 0.25) is 0 Å². The van der Waals surface area contributed by atoms with Gasteiger partial charge >= 0.3 is 0 Å². The molecule has 0 radical (unpaired) electrons. The van der Waals surface area contributed by atoms with Crippen molar-refractivity contribution in [1.82, 2.24) is 20.4 Å². The van der Waals surface area contributed by atoms with E-state index in [9.17, 15) is 0 Å². The van der Waals surface area contributed by atoms with Crippen LogP contribution in [0.3, 0.4) is 0 Å². The van der Waals surface area contributed by atoms with Crippen LogP contribution >= 0.6 is 0 Å². The summed E-state index contributed by atoms with van der Waals surface area (Å²) in [5, 5.41) is 11.0. The normalized spacial score (nSPS) is 11.3. The second kappa shape index (κ2) is 9.60. The van der Waals surface area contributed by atoms with Gasteiger partial charge < -0.3 is 15.4 Å². The van der Waals surface area contributed by atoms with E-state index < -0.39 is 0 Å². The van der Waals surface area contributed by atoms with Crippen molar-refractivity contribution in [2.75, 3.05) is 14.2 Å². The number of methoxy groups -OCH3 is 1. The molecule has 0 fully saturated rings. The van der Waals surface area contributed by atoms with Gasteiger partial charge in [-0.05, 0) is 35.7 Å². The summed E-state index contributed by atoms with van der Waals surface area (Å²) in [6.07, 6.45) is 3.76. The maximum Gasteiger partial charge on any atom is 0.191 e. The molecular weight excluding hydrogens is 350 g/mol. The zero-order valence-electron chi connectivity index (χ0n) is 16.6. The SMILES string of the molecule is CN=C(NCc1cccc(Cn2cccn2)c1)NCc1ccc(C)cc1OC. The van der Waals surface area contributed by atoms with Gasteiger partial charge in [0.05, 0.1) is 13.7 Å². The number of aryl methyl sites for hydroxylation is 1. The fraction of sp³-hybridized carbons (Fsp3) is 0.273. The van der Waals surface area contributed by atoms with Gasteiger partial charge in [-0.3, -0.25) is 9.67 Å². The first-order valence-corrected chi connectivity index (χ1v) is 9.31. The second-order valence-electron chi connectivity index (χ2n) is 6.62.